The Labute approximate surface area is 110 Å². The zero-order valence-electron chi connectivity index (χ0n) is 10.3. The maximum absolute atomic E-state index is 11.7. The van der Waals surface area contributed by atoms with E-state index in [1.165, 1.54) is 17.4 Å². The van der Waals surface area contributed by atoms with E-state index in [9.17, 15) is 9.59 Å². The summed E-state index contributed by atoms with van der Waals surface area (Å²) in [5, 5.41) is 11.3. The summed E-state index contributed by atoms with van der Waals surface area (Å²) in [6.45, 7) is 1.37. The average molecular weight is 268 g/mol. The molecule has 1 aromatic heterocycles. The van der Waals surface area contributed by atoms with Crippen LogP contribution in [-0.4, -0.2) is 49.1 Å². The van der Waals surface area contributed by atoms with Crippen LogP contribution >= 0.6 is 11.3 Å². The van der Waals surface area contributed by atoms with E-state index in [1.807, 2.05) is 19.0 Å². The van der Waals surface area contributed by atoms with Crippen molar-refractivity contribution in [1.29, 1.82) is 0 Å². The second-order valence-electron chi connectivity index (χ2n) is 3.93. The topological polar surface area (TPSA) is 69.6 Å². The highest BCUT2D eigenvalue weighted by molar-refractivity contribution is 7.14. The summed E-state index contributed by atoms with van der Waals surface area (Å²) < 4.78 is 0. The van der Waals surface area contributed by atoms with Crippen molar-refractivity contribution >= 4 is 29.3 Å². The van der Waals surface area contributed by atoms with Gasteiger partial charge in [0.15, 0.2) is 0 Å². The number of hydrogen-bond donors (Lipinski definition) is 2. The number of nitrogens with zero attached hydrogens (tertiary/aromatic N) is 1. The number of nitrogens with one attached hydrogen (secondary N) is 1. The Morgan fingerprint density at radius 2 is 2.17 bits per heavy atom. The first-order valence-electron chi connectivity index (χ1n) is 5.43. The van der Waals surface area contributed by atoms with E-state index in [-0.39, 0.29) is 5.91 Å². The molecule has 6 heteroatoms. The molecule has 5 nitrogen and oxygen atoms in total. The zero-order chi connectivity index (χ0) is 13.5. The molecule has 0 saturated carbocycles. The minimum atomic E-state index is -1.000. The Morgan fingerprint density at radius 1 is 1.44 bits per heavy atom. The number of carboxylic acid groups (broad SMARTS) is 1. The number of amides is 1. The van der Waals surface area contributed by atoms with Crippen LogP contribution in [0.15, 0.2) is 18.2 Å². The second kappa shape index (κ2) is 6.93. The number of carbonyl (C=O) groups excluding carboxylic acids is 1. The summed E-state index contributed by atoms with van der Waals surface area (Å²) in [4.78, 5) is 25.4. The molecule has 0 fully saturated rings. The van der Waals surface area contributed by atoms with E-state index in [0.717, 1.165) is 17.5 Å². The van der Waals surface area contributed by atoms with Crippen molar-refractivity contribution in [2.24, 2.45) is 0 Å². The fourth-order valence-corrected chi connectivity index (χ4v) is 2.03. The maximum atomic E-state index is 11.7. The van der Waals surface area contributed by atoms with Gasteiger partial charge in [0.2, 0.25) is 0 Å². The quantitative estimate of drug-likeness (QED) is 0.759. The lowest BCUT2D eigenvalue weighted by atomic mass is 10.4. The van der Waals surface area contributed by atoms with Gasteiger partial charge in [0.05, 0.1) is 4.88 Å². The summed E-state index contributed by atoms with van der Waals surface area (Å²) in [7, 11) is 3.87. The largest absolute Gasteiger partial charge is 0.478 e. The third kappa shape index (κ3) is 5.11. The standard InChI is InChI=1S/C12H16N2O3S/c1-14(2)8-7-13-12(17)10-5-3-9(18-10)4-6-11(15)16/h3-6H,7-8H2,1-2H3,(H,13,17)(H,15,16). The summed E-state index contributed by atoms with van der Waals surface area (Å²) in [5.41, 5.74) is 0. The van der Waals surface area contributed by atoms with Crippen LogP contribution in [-0.2, 0) is 4.79 Å². The highest BCUT2D eigenvalue weighted by atomic mass is 32.1. The molecule has 0 bridgehead atoms. The molecule has 1 heterocycles. The van der Waals surface area contributed by atoms with Crippen molar-refractivity contribution in [3.63, 3.8) is 0 Å². The Balaban J connectivity index is 2.52. The molecule has 1 rings (SSSR count). The average Bonchev–Trinajstić information content (AvgIpc) is 2.74. The summed E-state index contributed by atoms with van der Waals surface area (Å²) in [6, 6.07) is 3.42. The fraction of sp³-hybridized carbons (Fsp3) is 0.333. The Morgan fingerprint density at radius 3 is 2.78 bits per heavy atom. The maximum Gasteiger partial charge on any atom is 0.328 e. The number of carbonyl (C=O) groups is 2. The summed E-state index contributed by atoms with van der Waals surface area (Å²) in [5.74, 6) is -1.13. The summed E-state index contributed by atoms with van der Waals surface area (Å²) >= 11 is 1.27. The van der Waals surface area contributed by atoms with Crippen LogP contribution in [0.2, 0.25) is 0 Å². The smallest absolute Gasteiger partial charge is 0.328 e. The van der Waals surface area contributed by atoms with Crippen molar-refractivity contribution in [1.82, 2.24) is 10.2 Å². The molecule has 1 aromatic rings. The summed E-state index contributed by atoms with van der Waals surface area (Å²) in [6.07, 6.45) is 2.53. The Hall–Kier alpha value is -1.66. The van der Waals surface area contributed by atoms with Crippen LogP contribution in [0.3, 0.4) is 0 Å². The molecule has 0 saturated heterocycles. The minimum absolute atomic E-state index is 0.128. The monoisotopic (exact) mass is 268 g/mol. The predicted octanol–water partition coefficient (Wildman–Crippen LogP) is 1.14. The van der Waals surface area contributed by atoms with Gasteiger partial charge in [0.25, 0.3) is 5.91 Å². The molecule has 18 heavy (non-hydrogen) atoms. The van der Waals surface area contributed by atoms with E-state index in [4.69, 9.17) is 5.11 Å². The van der Waals surface area contributed by atoms with E-state index >= 15 is 0 Å². The van der Waals surface area contributed by atoms with Crippen molar-refractivity contribution in [2.75, 3.05) is 27.2 Å². The molecular weight excluding hydrogens is 252 g/mol. The predicted molar refractivity (Wildman–Crippen MR) is 71.9 cm³/mol. The molecule has 0 unspecified atom stereocenters. The van der Waals surface area contributed by atoms with E-state index in [1.54, 1.807) is 12.1 Å². The van der Waals surface area contributed by atoms with Crippen molar-refractivity contribution in [3.05, 3.63) is 28.0 Å². The van der Waals surface area contributed by atoms with Gasteiger partial charge in [-0.2, -0.15) is 0 Å². The van der Waals surface area contributed by atoms with Crippen LogP contribution in [0, 0.1) is 0 Å². The molecule has 0 atom stereocenters. The van der Waals surface area contributed by atoms with Crippen LogP contribution in [0.4, 0.5) is 0 Å². The van der Waals surface area contributed by atoms with Crippen molar-refractivity contribution in [3.8, 4) is 0 Å². The molecule has 0 radical (unpaired) electrons. The lowest BCUT2D eigenvalue weighted by Crippen LogP contribution is -2.30. The third-order valence-electron chi connectivity index (χ3n) is 2.09. The van der Waals surface area contributed by atoms with Gasteiger partial charge in [-0.05, 0) is 32.3 Å². The molecule has 0 aliphatic carbocycles. The van der Waals surface area contributed by atoms with Gasteiger partial charge in [-0.25, -0.2) is 4.79 Å². The second-order valence-corrected chi connectivity index (χ2v) is 5.05. The van der Waals surface area contributed by atoms with Gasteiger partial charge < -0.3 is 15.3 Å². The number of thiophene rings is 1. The normalized spacial score (nSPS) is 11.1. The van der Waals surface area contributed by atoms with E-state index < -0.39 is 5.97 Å². The lowest BCUT2D eigenvalue weighted by molar-refractivity contribution is -0.131. The van der Waals surface area contributed by atoms with Gasteiger partial charge in [0.1, 0.15) is 0 Å². The van der Waals surface area contributed by atoms with Gasteiger partial charge in [-0.1, -0.05) is 0 Å². The van der Waals surface area contributed by atoms with Crippen LogP contribution in [0.1, 0.15) is 14.5 Å². The van der Waals surface area contributed by atoms with Gasteiger partial charge in [-0.15, -0.1) is 11.3 Å². The molecule has 0 aliphatic heterocycles. The van der Waals surface area contributed by atoms with Gasteiger partial charge >= 0.3 is 5.97 Å². The lowest BCUT2D eigenvalue weighted by Gasteiger charge is -2.09. The zero-order valence-corrected chi connectivity index (χ0v) is 11.2. The molecular formula is C12H16N2O3S. The highest BCUT2D eigenvalue weighted by Crippen LogP contribution is 2.17. The molecule has 0 spiro atoms. The number of rotatable bonds is 6. The third-order valence-corrected chi connectivity index (χ3v) is 3.13. The highest BCUT2D eigenvalue weighted by Gasteiger charge is 2.07. The molecule has 0 aromatic carbocycles. The van der Waals surface area contributed by atoms with Gasteiger partial charge in [0, 0.05) is 24.0 Å². The minimum Gasteiger partial charge on any atom is -0.478 e. The number of hydrogen-bond acceptors (Lipinski definition) is 4. The van der Waals surface area contributed by atoms with E-state index in [0.29, 0.717) is 11.4 Å². The first-order chi connectivity index (χ1) is 8.49. The molecule has 98 valence electrons. The molecule has 0 aliphatic rings. The Kier molecular flexibility index (Phi) is 5.54. The van der Waals surface area contributed by atoms with Crippen molar-refractivity contribution < 1.29 is 14.7 Å². The number of aliphatic carboxylic acids is 1. The van der Waals surface area contributed by atoms with E-state index in [2.05, 4.69) is 5.32 Å². The number of carboxylic acids is 1. The first kappa shape index (κ1) is 14.4. The first-order valence-corrected chi connectivity index (χ1v) is 6.24. The van der Waals surface area contributed by atoms with Crippen LogP contribution in [0.25, 0.3) is 6.08 Å². The fourth-order valence-electron chi connectivity index (χ4n) is 1.20. The Bertz CT molecular complexity index is 452. The van der Waals surface area contributed by atoms with Gasteiger partial charge in [-0.3, -0.25) is 4.79 Å². The number of likely N-dealkylation sites (N-methyl/N-ethyl adjacent to an activating group) is 1. The molecule has 1 amide bonds. The van der Waals surface area contributed by atoms with Crippen LogP contribution < -0.4 is 5.32 Å². The SMILES string of the molecule is CN(C)CCNC(=O)c1ccc(C=CC(=O)O)s1. The van der Waals surface area contributed by atoms with Crippen molar-refractivity contribution in [2.45, 2.75) is 0 Å². The molecule has 2 N–H and O–H groups in total. The van der Waals surface area contributed by atoms with Crippen LogP contribution in [0.5, 0.6) is 0 Å².